The molecule has 1 atom stereocenters. The molecular weight excluding hydrogens is 374 g/mol. The number of nitrogens with zero attached hydrogens (tertiary/aromatic N) is 2. The monoisotopic (exact) mass is 397 g/mol. The van der Waals surface area contributed by atoms with Gasteiger partial charge in [-0.3, -0.25) is 4.79 Å². The van der Waals surface area contributed by atoms with Crippen molar-refractivity contribution in [2.45, 2.75) is 19.6 Å². The topological polar surface area (TPSA) is 56.1 Å². The van der Waals surface area contributed by atoms with Crippen LogP contribution < -0.4 is 10.1 Å². The molecule has 1 amide bonds. The molecule has 0 aliphatic carbocycles. The van der Waals surface area contributed by atoms with Gasteiger partial charge in [-0.1, -0.05) is 60.7 Å². The van der Waals surface area contributed by atoms with Crippen LogP contribution in [0.25, 0.3) is 16.8 Å². The average molecular weight is 397 g/mol. The highest BCUT2D eigenvalue weighted by Crippen LogP contribution is 2.22. The zero-order chi connectivity index (χ0) is 20.8. The number of hydrogen-bond acceptors (Lipinski definition) is 3. The van der Waals surface area contributed by atoms with E-state index in [9.17, 15) is 4.79 Å². The van der Waals surface area contributed by atoms with Crippen molar-refractivity contribution in [3.63, 3.8) is 0 Å². The Balaban J connectivity index is 1.36. The van der Waals surface area contributed by atoms with Gasteiger partial charge in [-0.2, -0.15) is 5.10 Å². The summed E-state index contributed by atoms with van der Waals surface area (Å²) in [5.41, 5.74) is 4.17. The third-order valence-electron chi connectivity index (χ3n) is 4.84. The molecule has 5 heteroatoms. The van der Waals surface area contributed by atoms with Crippen LogP contribution in [0.3, 0.4) is 0 Å². The lowest BCUT2D eigenvalue weighted by Crippen LogP contribution is -2.36. The van der Waals surface area contributed by atoms with Gasteiger partial charge in [0.25, 0.3) is 5.91 Å². The summed E-state index contributed by atoms with van der Waals surface area (Å²) in [5, 5.41) is 7.23. The van der Waals surface area contributed by atoms with Crippen LogP contribution in [-0.2, 0) is 11.3 Å². The number of hydrogen-bond donors (Lipinski definition) is 1. The minimum atomic E-state index is -0.607. The standard InChI is InChI=1S/C25H23N3O2/c1-19(30-23-14-12-21(13-15-23)20-8-3-2-4-9-20)25(29)26-18-22-10-5-6-11-24(22)28-17-7-16-27-28/h2-17,19H,18H2,1H3,(H,26,29). The lowest BCUT2D eigenvalue weighted by atomic mass is 10.1. The first-order valence-corrected chi connectivity index (χ1v) is 9.88. The maximum absolute atomic E-state index is 12.5. The number of aromatic nitrogens is 2. The van der Waals surface area contributed by atoms with Crippen LogP contribution in [0.5, 0.6) is 5.75 Å². The molecule has 0 aliphatic heterocycles. The molecule has 0 saturated carbocycles. The molecule has 30 heavy (non-hydrogen) atoms. The molecule has 1 N–H and O–H groups in total. The van der Waals surface area contributed by atoms with E-state index in [1.807, 2.05) is 79.0 Å². The van der Waals surface area contributed by atoms with Gasteiger partial charge in [0.1, 0.15) is 5.75 Å². The minimum Gasteiger partial charge on any atom is -0.481 e. The minimum absolute atomic E-state index is 0.169. The molecule has 1 aromatic heterocycles. The van der Waals surface area contributed by atoms with Crippen LogP contribution >= 0.6 is 0 Å². The number of amides is 1. The molecule has 1 heterocycles. The van der Waals surface area contributed by atoms with Gasteiger partial charge in [0.15, 0.2) is 6.10 Å². The Hall–Kier alpha value is -3.86. The molecule has 1 unspecified atom stereocenters. The second kappa shape index (κ2) is 9.09. The first-order valence-electron chi connectivity index (χ1n) is 9.88. The largest absolute Gasteiger partial charge is 0.481 e. The van der Waals surface area contributed by atoms with E-state index in [4.69, 9.17) is 4.74 Å². The van der Waals surface area contributed by atoms with E-state index in [2.05, 4.69) is 22.5 Å². The first kappa shape index (κ1) is 19.5. The maximum atomic E-state index is 12.5. The highest BCUT2D eigenvalue weighted by Gasteiger charge is 2.15. The molecule has 4 rings (SSSR count). The van der Waals surface area contributed by atoms with Crippen molar-refractivity contribution in [1.82, 2.24) is 15.1 Å². The van der Waals surface area contributed by atoms with Gasteiger partial charge in [-0.15, -0.1) is 0 Å². The predicted molar refractivity (Wildman–Crippen MR) is 117 cm³/mol. The fraction of sp³-hybridized carbons (Fsp3) is 0.120. The van der Waals surface area contributed by atoms with E-state index < -0.39 is 6.10 Å². The summed E-state index contributed by atoms with van der Waals surface area (Å²) in [6.45, 7) is 2.15. The van der Waals surface area contributed by atoms with Crippen molar-refractivity contribution >= 4 is 5.91 Å². The number of rotatable bonds is 7. The average Bonchev–Trinajstić information content (AvgIpc) is 3.33. The van der Waals surface area contributed by atoms with Gasteiger partial charge in [-0.25, -0.2) is 4.68 Å². The van der Waals surface area contributed by atoms with Crippen LogP contribution in [0.1, 0.15) is 12.5 Å². The summed E-state index contributed by atoms with van der Waals surface area (Å²) in [6, 6.07) is 27.6. The fourth-order valence-corrected chi connectivity index (χ4v) is 3.24. The molecular formula is C25H23N3O2. The Morgan fingerprint density at radius 1 is 0.933 bits per heavy atom. The summed E-state index contributed by atoms with van der Waals surface area (Å²) < 4.78 is 7.62. The first-order chi connectivity index (χ1) is 14.7. The summed E-state index contributed by atoms with van der Waals surface area (Å²) in [7, 11) is 0. The molecule has 4 aromatic rings. The third-order valence-corrected chi connectivity index (χ3v) is 4.84. The molecule has 0 saturated heterocycles. The summed E-state index contributed by atoms with van der Waals surface area (Å²) in [6.07, 6.45) is 3.00. The molecule has 0 radical (unpaired) electrons. The van der Waals surface area contributed by atoms with E-state index in [0.29, 0.717) is 12.3 Å². The molecule has 0 aliphatic rings. The van der Waals surface area contributed by atoms with Gasteiger partial charge in [0.2, 0.25) is 0 Å². The van der Waals surface area contributed by atoms with Crippen molar-refractivity contribution in [3.8, 4) is 22.6 Å². The van der Waals surface area contributed by atoms with E-state index in [0.717, 1.165) is 22.4 Å². The molecule has 5 nitrogen and oxygen atoms in total. The highest BCUT2D eigenvalue weighted by atomic mass is 16.5. The van der Waals surface area contributed by atoms with Crippen LogP contribution in [-0.4, -0.2) is 21.8 Å². The van der Waals surface area contributed by atoms with Crippen LogP contribution in [0, 0.1) is 0 Å². The normalized spacial score (nSPS) is 11.6. The summed E-state index contributed by atoms with van der Waals surface area (Å²) in [5.74, 6) is 0.492. The molecule has 0 fully saturated rings. The SMILES string of the molecule is CC(Oc1ccc(-c2ccccc2)cc1)C(=O)NCc1ccccc1-n1cccn1. The van der Waals surface area contributed by atoms with Gasteiger partial charge >= 0.3 is 0 Å². The van der Waals surface area contributed by atoms with E-state index in [1.54, 1.807) is 17.8 Å². The van der Waals surface area contributed by atoms with Crippen molar-refractivity contribution in [2.24, 2.45) is 0 Å². The third kappa shape index (κ3) is 4.58. The van der Waals surface area contributed by atoms with Crippen molar-refractivity contribution in [3.05, 3.63) is 103 Å². The fourth-order valence-electron chi connectivity index (χ4n) is 3.24. The van der Waals surface area contributed by atoms with Crippen LogP contribution in [0.2, 0.25) is 0 Å². The van der Waals surface area contributed by atoms with Crippen LogP contribution in [0.4, 0.5) is 0 Å². The zero-order valence-electron chi connectivity index (χ0n) is 16.7. The Morgan fingerprint density at radius 3 is 2.37 bits per heavy atom. The lowest BCUT2D eigenvalue weighted by Gasteiger charge is -2.16. The Morgan fingerprint density at radius 2 is 1.63 bits per heavy atom. The number of nitrogens with one attached hydrogen (secondary N) is 1. The Bertz CT molecular complexity index is 1090. The smallest absolute Gasteiger partial charge is 0.261 e. The number of para-hydroxylation sites is 1. The maximum Gasteiger partial charge on any atom is 0.261 e. The van der Waals surface area contributed by atoms with Crippen molar-refractivity contribution < 1.29 is 9.53 Å². The summed E-state index contributed by atoms with van der Waals surface area (Å²) in [4.78, 5) is 12.5. The van der Waals surface area contributed by atoms with Gasteiger partial charge in [0.05, 0.1) is 5.69 Å². The van der Waals surface area contributed by atoms with Crippen LogP contribution in [0.15, 0.2) is 97.3 Å². The summed E-state index contributed by atoms with van der Waals surface area (Å²) >= 11 is 0. The van der Waals surface area contributed by atoms with Crippen molar-refractivity contribution in [2.75, 3.05) is 0 Å². The Labute approximate surface area is 175 Å². The second-order valence-corrected chi connectivity index (χ2v) is 6.95. The Kier molecular flexibility index (Phi) is 5.90. The zero-order valence-corrected chi connectivity index (χ0v) is 16.7. The lowest BCUT2D eigenvalue weighted by molar-refractivity contribution is -0.127. The van der Waals surface area contributed by atoms with Crippen molar-refractivity contribution in [1.29, 1.82) is 0 Å². The highest BCUT2D eigenvalue weighted by molar-refractivity contribution is 5.80. The van der Waals surface area contributed by atoms with E-state index in [-0.39, 0.29) is 5.91 Å². The second-order valence-electron chi connectivity index (χ2n) is 6.95. The number of benzene rings is 3. The van der Waals surface area contributed by atoms with Gasteiger partial charge < -0.3 is 10.1 Å². The number of carbonyl (C=O) groups excluding carboxylic acids is 1. The van der Waals surface area contributed by atoms with Gasteiger partial charge in [0, 0.05) is 18.9 Å². The van der Waals surface area contributed by atoms with Gasteiger partial charge in [-0.05, 0) is 47.9 Å². The molecule has 150 valence electrons. The quantitative estimate of drug-likeness (QED) is 0.495. The van der Waals surface area contributed by atoms with E-state index in [1.165, 1.54) is 0 Å². The number of carbonyl (C=O) groups is 1. The van der Waals surface area contributed by atoms with E-state index >= 15 is 0 Å². The predicted octanol–water partition coefficient (Wildman–Crippen LogP) is 4.62. The molecule has 3 aromatic carbocycles. The number of ether oxygens (including phenoxy) is 1. The molecule has 0 bridgehead atoms. The molecule has 0 spiro atoms.